The molecule has 0 radical (unpaired) electrons. The van der Waals surface area contributed by atoms with Crippen LogP contribution in [0.3, 0.4) is 0 Å². The fourth-order valence-corrected chi connectivity index (χ4v) is 3.39. The van der Waals surface area contributed by atoms with Crippen LogP contribution in [0.1, 0.15) is 12.0 Å². The molecular formula is C21H27F2N5. The topological polar surface area (TPSA) is 42.9 Å². The Bertz CT molecular complexity index is 817. The van der Waals surface area contributed by atoms with Crippen molar-refractivity contribution in [2.45, 2.75) is 19.0 Å². The third-order valence-corrected chi connectivity index (χ3v) is 4.89. The van der Waals surface area contributed by atoms with Crippen LogP contribution in [0.25, 0.3) is 0 Å². The van der Waals surface area contributed by atoms with Gasteiger partial charge in [-0.1, -0.05) is 18.2 Å². The maximum absolute atomic E-state index is 14.0. The summed E-state index contributed by atoms with van der Waals surface area (Å²) in [6.45, 7) is 1.76. The van der Waals surface area contributed by atoms with Gasteiger partial charge in [0.1, 0.15) is 17.3 Å². The first-order valence-corrected chi connectivity index (χ1v) is 9.40. The number of nitrogens with one attached hydrogen (secondary N) is 2. The van der Waals surface area contributed by atoms with Gasteiger partial charge in [0.2, 0.25) is 0 Å². The molecule has 0 aliphatic carbocycles. The summed E-state index contributed by atoms with van der Waals surface area (Å²) in [6, 6.07) is 12.3. The lowest BCUT2D eigenvalue weighted by Crippen LogP contribution is -2.44. The van der Waals surface area contributed by atoms with E-state index in [0.29, 0.717) is 25.6 Å². The Hall–Kier alpha value is -2.83. The summed E-state index contributed by atoms with van der Waals surface area (Å²) in [5.74, 6) is -0.371. The maximum Gasteiger partial charge on any atom is 0.191 e. The van der Waals surface area contributed by atoms with Crippen molar-refractivity contribution in [3.63, 3.8) is 0 Å². The lowest BCUT2D eigenvalue weighted by molar-refractivity contribution is 0.576. The van der Waals surface area contributed by atoms with Crippen molar-refractivity contribution in [1.29, 1.82) is 0 Å². The molecule has 1 atom stereocenters. The SMILES string of the molecule is CN=C(NCc1cccc(N(C)C)c1)NC1CCN(c2c(F)cccc2F)C1. The smallest absolute Gasteiger partial charge is 0.191 e. The Morgan fingerprint density at radius 1 is 1.18 bits per heavy atom. The predicted octanol–water partition coefficient (Wildman–Crippen LogP) is 2.97. The first-order valence-electron chi connectivity index (χ1n) is 9.40. The zero-order valence-corrected chi connectivity index (χ0v) is 16.5. The monoisotopic (exact) mass is 387 g/mol. The molecule has 3 rings (SSSR count). The van der Waals surface area contributed by atoms with Crippen molar-refractivity contribution in [2.75, 3.05) is 44.0 Å². The molecule has 0 spiro atoms. The van der Waals surface area contributed by atoms with Gasteiger partial charge in [0.15, 0.2) is 5.96 Å². The van der Waals surface area contributed by atoms with Crippen LogP contribution in [0, 0.1) is 11.6 Å². The van der Waals surface area contributed by atoms with Crippen LogP contribution in [0.5, 0.6) is 0 Å². The molecule has 0 bridgehead atoms. The molecule has 1 saturated heterocycles. The lowest BCUT2D eigenvalue weighted by atomic mass is 10.2. The molecule has 2 aromatic carbocycles. The number of hydrogen-bond acceptors (Lipinski definition) is 3. The Balaban J connectivity index is 1.57. The van der Waals surface area contributed by atoms with Crippen LogP contribution in [-0.2, 0) is 6.54 Å². The van der Waals surface area contributed by atoms with Crippen LogP contribution in [0.15, 0.2) is 47.5 Å². The van der Waals surface area contributed by atoms with Gasteiger partial charge in [-0.25, -0.2) is 8.78 Å². The van der Waals surface area contributed by atoms with Crippen LogP contribution in [0.2, 0.25) is 0 Å². The van der Waals surface area contributed by atoms with E-state index in [2.05, 4.69) is 38.7 Å². The highest BCUT2D eigenvalue weighted by atomic mass is 19.1. The summed E-state index contributed by atoms with van der Waals surface area (Å²) in [4.78, 5) is 8.08. The number of para-hydroxylation sites is 1. The quantitative estimate of drug-likeness (QED) is 0.612. The van der Waals surface area contributed by atoms with Crippen molar-refractivity contribution in [3.8, 4) is 0 Å². The fourth-order valence-electron chi connectivity index (χ4n) is 3.39. The fraction of sp³-hybridized carbons (Fsp3) is 0.381. The molecule has 7 heteroatoms. The summed E-state index contributed by atoms with van der Waals surface area (Å²) in [7, 11) is 5.74. The van der Waals surface area contributed by atoms with E-state index in [9.17, 15) is 8.78 Å². The minimum absolute atomic E-state index is 0.0512. The first kappa shape index (κ1) is 19.9. The lowest BCUT2D eigenvalue weighted by Gasteiger charge is -2.21. The molecule has 1 fully saturated rings. The van der Waals surface area contributed by atoms with Gasteiger partial charge in [-0.15, -0.1) is 0 Å². The number of guanidine groups is 1. The molecule has 5 nitrogen and oxygen atoms in total. The predicted molar refractivity (Wildman–Crippen MR) is 111 cm³/mol. The van der Waals surface area contributed by atoms with Crippen LogP contribution < -0.4 is 20.4 Å². The molecule has 1 aliphatic rings. The number of anilines is 2. The number of halogens is 2. The number of aliphatic imine (C=N–C) groups is 1. The Labute approximate surface area is 165 Å². The van der Waals surface area contributed by atoms with Gasteiger partial charge >= 0.3 is 0 Å². The molecule has 28 heavy (non-hydrogen) atoms. The van der Waals surface area contributed by atoms with Crippen LogP contribution in [0.4, 0.5) is 20.2 Å². The van der Waals surface area contributed by atoms with Crippen molar-refractivity contribution < 1.29 is 8.78 Å². The molecule has 2 N–H and O–H groups in total. The molecule has 0 saturated carbocycles. The van der Waals surface area contributed by atoms with Crippen molar-refractivity contribution in [2.24, 2.45) is 4.99 Å². The van der Waals surface area contributed by atoms with E-state index in [4.69, 9.17) is 0 Å². The average molecular weight is 387 g/mol. The summed E-state index contributed by atoms with van der Waals surface area (Å²) < 4.78 is 28.0. The van der Waals surface area contributed by atoms with Crippen molar-refractivity contribution in [3.05, 3.63) is 59.7 Å². The molecule has 1 unspecified atom stereocenters. The highest BCUT2D eigenvalue weighted by Gasteiger charge is 2.27. The average Bonchev–Trinajstić information content (AvgIpc) is 3.13. The van der Waals surface area contributed by atoms with Gasteiger partial charge in [-0.2, -0.15) is 0 Å². The Kier molecular flexibility index (Phi) is 6.34. The first-order chi connectivity index (χ1) is 13.5. The molecule has 1 aliphatic heterocycles. The van der Waals surface area contributed by atoms with Gasteiger partial charge in [-0.3, -0.25) is 4.99 Å². The molecule has 150 valence electrons. The van der Waals surface area contributed by atoms with Crippen molar-refractivity contribution in [1.82, 2.24) is 10.6 Å². The number of benzene rings is 2. The van der Waals surface area contributed by atoms with E-state index in [1.54, 1.807) is 11.9 Å². The zero-order valence-electron chi connectivity index (χ0n) is 16.5. The highest BCUT2D eigenvalue weighted by molar-refractivity contribution is 5.80. The second kappa shape index (κ2) is 8.91. The zero-order chi connectivity index (χ0) is 20.1. The number of nitrogens with zero attached hydrogens (tertiary/aromatic N) is 3. The van der Waals surface area contributed by atoms with E-state index in [0.717, 1.165) is 17.7 Å². The standard InChI is InChI=1S/C21H27F2N5/c1-24-21(25-13-15-6-4-7-17(12-15)27(2)3)26-16-10-11-28(14-16)20-18(22)8-5-9-19(20)23/h4-9,12,16H,10-11,13-14H2,1-3H3,(H2,24,25,26). The minimum Gasteiger partial charge on any atom is -0.378 e. The molecule has 2 aromatic rings. The van der Waals surface area contributed by atoms with E-state index in [-0.39, 0.29) is 11.7 Å². The summed E-state index contributed by atoms with van der Waals surface area (Å²) in [6.07, 6.45) is 0.782. The molecular weight excluding hydrogens is 360 g/mol. The number of hydrogen-bond donors (Lipinski definition) is 2. The number of rotatable bonds is 5. The third-order valence-electron chi connectivity index (χ3n) is 4.89. The summed E-state index contributed by atoms with van der Waals surface area (Å²) >= 11 is 0. The van der Waals surface area contributed by atoms with Gasteiger partial charge in [-0.05, 0) is 36.2 Å². The van der Waals surface area contributed by atoms with E-state index in [1.165, 1.54) is 18.2 Å². The largest absolute Gasteiger partial charge is 0.378 e. The second-order valence-corrected chi connectivity index (χ2v) is 7.14. The molecule has 0 amide bonds. The normalized spacial score (nSPS) is 17.0. The maximum atomic E-state index is 14.0. The molecule has 0 aromatic heterocycles. The second-order valence-electron chi connectivity index (χ2n) is 7.14. The van der Waals surface area contributed by atoms with Crippen LogP contribution in [-0.4, -0.2) is 46.2 Å². The summed E-state index contributed by atoms with van der Waals surface area (Å²) in [5.41, 5.74) is 2.34. The van der Waals surface area contributed by atoms with E-state index < -0.39 is 11.6 Å². The van der Waals surface area contributed by atoms with Crippen LogP contribution >= 0.6 is 0 Å². The molecule has 1 heterocycles. The summed E-state index contributed by atoms with van der Waals surface area (Å²) in [5, 5.41) is 6.66. The Morgan fingerprint density at radius 2 is 1.89 bits per heavy atom. The van der Waals surface area contributed by atoms with Crippen molar-refractivity contribution >= 4 is 17.3 Å². The third kappa shape index (κ3) is 4.71. The van der Waals surface area contributed by atoms with E-state index in [1.807, 2.05) is 20.2 Å². The van der Waals surface area contributed by atoms with Gasteiger partial charge in [0.05, 0.1) is 0 Å². The van der Waals surface area contributed by atoms with Gasteiger partial charge < -0.3 is 20.4 Å². The Morgan fingerprint density at radius 3 is 2.57 bits per heavy atom. The van der Waals surface area contributed by atoms with Gasteiger partial charge in [0.25, 0.3) is 0 Å². The highest BCUT2D eigenvalue weighted by Crippen LogP contribution is 2.26. The van der Waals surface area contributed by atoms with Gasteiger partial charge in [0, 0.05) is 52.5 Å². The van der Waals surface area contributed by atoms with E-state index >= 15 is 0 Å². The minimum atomic E-state index is -0.524.